The van der Waals surface area contributed by atoms with E-state index in [-0.39, 0.29) is 25.6 Å². The number of benzene rings is 2. The zero-order valence-corrected chi connectivity index (χ0v) is 21.8. The van der Waals surface area contributed by atoms with E-state index in [0.29, 0.717) is 25.4 Å². The van der Waals surface area contributed by atoms with Crippen LogP contribution in [0.4, 0.5) is 4.79 Å². The van der Waals surface area contributed by atoms with Crippen LogP contribution < -0.4 is 0 Å². The van der Waals surface area contributed by atoms with Crippen LogP contribution in [0.15, 0.2) is 84.7 Å². The molecule has 39 heavy (non-hydrogen) atoms. The van der Waals surface area contributed by atoms with Crippen LogP contribution in [0.3, 0.4) is 0 Å². The zero-order chi connectivity index (χ0) is 27.6. The molecule has 4 unspecified atom stereocenters. The first-order valence-corrected chi connectivity index (χ1v) is 13.0. The molecule has 1 fully saturated rings. The van der Waals surface area contributed by atoms with Gasteiger partial charge < -0.3 is 24.1 Å². The largest absolute Gasteiger partial charge is 0.482 e. The maximum absolute atomic E-state index is 13.3. The number of nitrogens with zero attached hydrogens (tertiary/aromatic N) is 1. The highest BCUT2D eigenvalue weighted by atomic mass is 16.6. The Morgan fingerprint density at radius 2 is 1.82 bits per heavy atom. The summed E-state index contributed by atoms with van der Waals surface area (Å²) in [4.78, 5) is 39.4. The van der Waals surface area contributed by atoms with E-state index in [2.05, 4.69) is 0 Å². The van der Waals surface area contributed by atoms with Gasteiger partial charge in [-0.1, -0.05) is 60.7 Å². The van der Waals surface area contributed by atoms with Crippen molar-refractivity contribution in [3.63, 3.8) is 0 Å². The molecule has 0 radical (unpaired) electrons. The van der Waals surface area contributed by atoms with Crippen LogP contribution in [-0.4, -0.2) is 66.4 Å². The maximum Gasteiger partial charge on any atom is 0.417 e. The van der Waals surface area contributed by atoms with Gasteiger partial charge in [0.25, 0.3) is 0 Å². The molecule has 0 aliphatic carbocycles. The molecule has 9 nitrogen and oxygen atoms in total. The van der Waals surface area contributed by atoms with Crippen LogP contribution >= 0.6 is 0 Å². The number of hydrogen-bond acceptors (Lipinski definition) is 8. The average molecular weight is 536 g/mol. The van der Waals surface area contributed by atoms with Crippen molar-refractivity contribution in [3.8, 4) is 0 Å². The van der Waals surface area contributed by atoms with Gasteiger partial charge in [0.15, 0.2) is 11.9 Å². The lowest BCUT2D eigenvalue weighted by atomic mass is 9.96. The van der Waals surface area contributed by atoms with Gasteiger partial charge in [-0.15, -0.1) is 0 Å². The van der Waals surface area contributed by atoms with Gasteiger partial charge in [-0.05, 0) is 42.7 Å². The topological polar surface area (TPSA) is 112 Å². The number of aliphatic hydroxyl groups excluding tert-OH is 1. The van der Waals surface area contributed by atoms with Crippen molar-refractivity contribution in [2.45, 2.75) is 38.2 Å². The number of carbonyl (C=O) groups is 3. The molecule has 2 amide bonds. The predicted molar refractivity (Wildman–Crippen MR) is 141 cm³/mol. The predicted octanol–water partition coefficient (Wildman–Crippen LogP) is 3.74. The highest BCUT2D eigenvalue weighted by molar-refractivity contribution is 6.01. The van der Waals surface area contributed by atoms with Crippen LogP contribution in [0.5, 0.6) is 0 Å². The Hall–Kier alpha value is -3.79. The van der Waals surface area contributed by atoms with Crippen LogP contribution in [0.1, 0.15) is 30.5 Å². The molecule has 206 valence electrons. The van der Waals surface area contributed by atoms with Gasteiger partial charge in [0.2, 0.25) is 5.91 Å². The fourth-order valence-corrected chi connectivity index (χ4v) is 4.34. The monoisotopic (exact) mass is 535 g/mol. The molecule has 0 saturated carbocycles. The molecular weight excluding hydrogens is 502 g/mol. The lowest BCUT2D eigenvalue weighted by Gasteiger charge is -2.29. The van der Waals surface area contributed by atoms with E-state index in [9.17, 15) is 19.5 Å². The molecule has 2 heterocycles. The number of cyclic esters (lactones) is 1. The third-order valence-corrected chi connectivity index (χ3v) is 6.54. The molecule has 1 N–H and O–H groups in total. The third kappa shape index (κ3) is 7.41. The summed E-state index contributed by atoms with van der Waals surface area (Å²) in [7, 11) is 0. The fraction of sp³-hybridized carbons (Fsp3) is 0.367. The van der Waals surface area contributed by atoms with Crippen molar-refractivity contribution in [2.24, 2.45) is 5.92 Å². The highest BCUT2D eigenvalue weighted by Gasteiger charge is 2.44. The van der Waals surface area contributed by atoms with Crippen LogP contribution in [0.25, 0.3) is 0 Å². The number of carbonyl (C=O) groups excluding carboxylic acids is 3. The van der Waals surface area contributed by atoms with Gasteiger partial charge >= 0.3 is 6.09 Å². The minimum absolute atomic E-state index is 0.0558. The van der Waals surface area contributed by atoms with E-state index in [1.54, 1.807) is 19.1 Å². The fourth-order valence-electron chi connectivity index (χ4n) is 4.34. The number of hydrogen-bond donors (Lipinski definition) is 1. The van der Waals surface area contributed by atoms with Gasteiger partial charge in [-0.2, -0.15) is 0 Å². The second kappa shape index (κ2) is 13.8. The SMILES string of the molecule is CC(C(=O)N1C(=O)OCC1c1ccccc1)C1OC(=CCCOCC(CO)OCc2ccccc2)C=CC1=O. The summed E-state index contributed by atoms with van der Waals surface area (Å²) >= 11 is 0. The van der Waals surface area contributed by atoms with Crippen molar-refractivity contribution in [3.05, 3.63) is 95.8 Å². The molecule has 2 aromatic rings. The number of amides is 2. The van der Waals surface area contributed by atoms with E-state index >= 15 is 0 Å². The molecule has 4 atom stereocenters. The Kier molecular flexibility index (Phi) is 10.0. The molecule has 2 aromatic carbocycles. The molecular formula is C30H33NO8. The van der Waals surface area contributed by atoms with E-state index in [4.69, 9.17) is 18.9 Å². The third-order valence-electron chi connectivity index (χ3n) is 6.54. The minimum atomic E-state index is -1.07. The van der Waals surface area contributed by atoms with Crippen LogP contribution in [-0.2, 0) is 35.1 Å². The van der Waals surface area contributed by atoms with Crippen LogP contribution in [0, 0.1) is 5.92 Å². The smallest absolute Gasteiger partial charge is 0.417 e. The van der Waals surface area contributed by atoms with Gasteiger partial charge in [0, 0.05) is 0 Å². The Balaban J connectivity index is 1.27. The quantitative estimate of drug-likeness (QED) is 0.409. The molecule has 4 rings (SSSR count). The Bertz CT molecular complexity index is 1180. The minimum Gasteiger partial charge on any atom is -0.482 e. The summed E-state index contributed by atoms with van der Waals surface area (Å²) in [6.45, 7) is 2.42. The standard InChI is InChI=1S/C30H33NO8/c1-21(29(34)31-26(20-38-30(31)35)23-11-6-3-7-12-23)28-27(33)15-14-24(39-28)13-8-16-36-19-25(17-32)37-18-22-9-4-2-5-10-22/h2-7,9-15,21,25-26,28,32H,8,16-20H2,1H3. The molecule has 1 saturated heterocycles. The summed E-state index contributed by atoms with van der Waals surface area (Å²) in [6.07, 6.45) is 2.92. The van der Waals surface area contributed by atoms with Crippen LogP contribution in [0.2, 0.25) is 0 Å². The summed E-state index contributed by atoms with van der Waals surface area (Å²) in [5, 5.41) is 9.55. The molecule has 0 aromatic heterocycles. The van der Waals surface area contributed by atoms with Gasteiger partial charge in [0.05, 0.1) is 32.3 Å². The van der Waals surface area contributed by atoms with E-state index in [0.717, 1.165) is 16.0 Å². The van der Waals surface area contributed by atoms with Crippen molar-refractivity contribution >= 4 is 17.8 Å². The molecule has 9 heteroatoms. The number of imide groups is 1. The Labute approximate surface area is 227 Å². The summed E-state index contributed by atoms with van der Waals surface area (Å²) in [6, 6.07) is 18.3. The number of allylic oxidation sites excluding steroid dienone is 1. The Morgan fingerprint density at radius 3 is 2.54 bits per heavy atom. The first-order valence-electron chi connectivity index (χ1n) is 13.0. The maximum atomic E-state index is 13.3. The van der Waals surface area contributed by atoms with E-state index in [1.807, 2.05) is 60.7 Å². The van der Waals surface area contributed by atoms with Gasteiger partial charge in [-0.25, -0.2) is 9.69 Å². The summed E-state index contributed by atoms with van der Waals surface area (Å²) in [5.74, 6) is -1.36. The molecule has 0 spiro atoms. The van der Waals surface area contributed by atoms with Crippen molar-refractivity contribution in [1.29, 1.82) is 0 Å². The molecule has 2 aliphatic rings. The van der Waals surface area contributed by atoms with Crippen molar-refractivity contribution < 1.29 is 38.4 Å². The molecule has 2 aliphatic heterocycles. The Morgan fingerprint density at radius 1 is 1.10 bits per heavy atom. The van der Waals surface area contributed by atoms with Gasteiger partial charge in [-0.3, -0.25) is 9.59 Å². The number of rotatable bonds is 12. The zero-order valence-electron chi connectivity index (χ0n) is 21.8. The highest BCUT2D eigenvalue weighted by Crippen LogP contribution is 2.31. The summed E-state index contributed by atoms with van der Waals surface area (Å²) < 4.78 is 22.4. The van der Waals surface area contributed by atoms with E-state index in [1.165, 1.54) is 6.08 Å². The van der Waals surface area contributed by atoms with E-state index < -0.39 is 36.2 Å². The van der Waals surface area contributed by atoms with Gasteiger partial charge in [0.1, 0.15) is 24.5 Å². The number of aliphatic hydroxyl groups is 1. The lowest BCUT2D eigenvalue weighted by molar-refractivity contribution is -0.142. The second-order valence-corrected chi connectivity index (χ2v) is 9.35. The summed E-state index contributed by atoms with van der Waals surface area (Å²) in [5.41, 5.74) is 1.78. The second-order valence-electron chi connectivity index (χ2n) is 9.35. The normalized spacial score (nSPS) is 21.5. The number of ketones is 1. The first kappa shape index (κ1) is 28.2. The van der Waals surface area contributed by atoms with Crippen molar-refractivity contribution in [1.82, 2.24) is 4.90 Å². The number of ether oxygens (including phenoxy) is 4. The first-order chi connectivity index (χ1) is 19.0. The average Bonchev–Trinajstić information content (AvgIpc) is 3.36. The molecule has 0 bridgehead atoms. The lowest BCUT2D eigenvalue weighted by Crippen LogP contribution is -2.45. The van der Waals surface area contributed by atoms with Crippen molar-refractivity contribution in [2.75, 3.05) is 26.4 Å².